The molecule has 0 spiro atoms. The van der Waals surface area contributed by atoms with Gasteiger partial charge in [-0.3, -0.25) is 4.98 Å². The lowest BCUT2D eigenvalue weighted by Gasteiger charge is -2.44. The van der Waals surface area contributed by atoms with E-state index in [9.17, 15) is 0 Å². The topological polar surface area (TPSA) is 22.6 Å². The molecule has 2 aliphatic rings. The molecule has 2 aliphatic heterocycles. The van der Waals surface area contributed by atoms with Gasteiger partial charge in [-0.15, -0.1) is 0 Å². The van der Waals surface area contributed by atoms with E-state index in [1.807, 2.05) is 12.4 Å². The molecule has 10 rings (SSSR count). The molecule has 0 saturated carbocycles. The van der Waals surface area contributed by atoms with Crippen LogP contribution in [0.5, 0.6) is 0 Å². The van der Waals surface area contributed by atoms with Crippen LogP contribution in [-0.2, 0) is 0 Å². The second-order valence-corrected chi connectivity index (χ2v) is 13.7. The molecule has 3 heterocycles. The summed E-state index contributed by atoms with van der Waals surface area (Å²) in [6, 6.07) is 65.9. The Morgan fingerprint density at radius 3 is 1.75 bits per heavy atom. The second kappa shape index (κ2) is 12.7. The molecule has 1 aromatic heterocycles. The van der Waals surface area contributed by atoms with Gasteiger partial charge >= 0.3 is 0 Å². The molecule has 53 heavy (non-hydrogen) atoms. The zero-order valence-corrected chi connectivity index (χ0v) is 29.3. The van der Waals surface area contributed by atoms with Crippen LogP contribution in [-0.4, -0.2) is 12.0 Å². The number of para-hydroxylation sites is 2. The fraction of sp³-hybridized carbons (Fsp3) is 0.0408. The fourth-order valence-electron chi connectivity index (χ4n) is 8.31. The molecule has 0 saturated heterocycles. The first kappa shape index (κ1) is 30.9. The van der Waals surface area contributed by atoms with Crippen LogP contribution >= 0.6 is 0 Å². The average molecular weight is 681 g/mol. The quantitative estimate of drug-likeness (QED) is 0.174. The molecule has 4 nitrogen and oxygen atoms in total. The third-order valence-electron chi connectivity index (χ3n) is 10.7. The van der Waals surface area contributed by atoms with E-state index in [0.29, 0.717) is 0 Å². The highest BCUT2D eigenvalue weighted by Gasteiger charge is 2.40. The number of benzene rings is 7. The number of hydrogen-bond acceptors (Lipinski definition) is 4. The van der Waals surface area contributed by atoms with Gasteiger partial charge in [0.2, 0.25) is 0 Å². The molecular formula is C49H36N4. The average Bonchev–Trinajstić information content (AvgIpc) is 3.23. The van der Waals surface area contributed by atoms with Crippen LogP contribution in [0.1, 0.15) is 22.6 Å². The molecule has 4 heteroatoms. The number of fused-ring (bicyclic) bond motifs is 4. The normalized spacial score (nSPS) is 13.9. The Kier molecular flexibility index (Phi) is 7.40. The van der Waals surface area contributed by atoms with E-state index in [1.54, 1.807) is 0 Å². The molecular weight excluding hydrogens is 645 g/mol. The minimum Gasteiger partial charge on any atom is -0.344 e. The highest BCUT2D eigenvalue weighted by Crippen LogP contribution is 2.59. The Hall–Kier alpha value is -6.91. The maximum Gasteiger partial charge on any atom is 0.0524 e. The van der Waals surface area contributed by atoms with Crippen molar-refractivity contribution in [2.24, 2.45) is 0 Å². The fourth-order valence-corrected chi connectivity index (χ4v) is 8.31. The lowest BCUT2D eigenvalue weighted by atomic mass is 9.75. The molecule has 8 aromatic rings. The monoisotopic (exact) mass is 680 g/mol. The van der Waals surface area contributed by atoms with E-state index >= 15 is 0 Å². The Balaban J connectivity index is 1.22. The zero-order chi connectivity index (χ0) is 35.3. The van der Waals surface area contributed by atoms with Gasteiger partial charge in [0.25, 0.3) is 0 Å². The molecule has 1 unspecified atom stereocenters. The number of anilines is 8. The van der Waals surface area contributed by atoms with Gasteiger partial charge in [-0.1, -0.05) is 103 Å². The van der Waals surface area contributed by atoms with Gasteiger partial charge in [-0.25, -0.2) is 0 Å². The molecule has 0 bridgehead atoms. The van der Waals surface area contributed by atoms with Crippen LogP contribution in [0, 0.1) is 0 Å². The van der Waals surface area contributed by atoms with E-state index < -0.39 is 0 Å². The van der Waals surface area contributed by atoms with E-state index in [0.717, 1.165) is 33.9 Å². The Bertz CT molecular complexity index is 2550. The van der Waals surface area contributed by atoms with Crippen molar-refractivity contribution < 1.29 is 0 Å². The minimum atomic E-state index is 0.0582. The van der Waals surface area contributed by atoms with Crippen molar-refractivity contribution in [1.29, 1.82) is 0 Å². The largest absolute Gasteiger partial charge is 0.344 e. The van der Waals surface area contributed by atoms with Crippen LogP contribution in [0.2, 0.25) is 0 Å². The van der Waals surface area contributed by atoms with Gasteiger partial charge in [0.15, 0.2) is 0 Å². The number of pyridine rings is 1. The van der Waals surface area contributed by atoms with Crippen LogP contribution < -0.4 is 14.7 Å². The van der Waals surface area contributed by atoms with E-state index in [-0.39, 0.29) is 5.92 Å². The summed E-state index contributed by atoms with van der Waals surface area (Å²) < 4.78 is 0. The minimum absolute atomic E-state index is 0.0582. The smallest absolute Gasteiger partial charge is 0.0524 e. The molecule has 0 fully saturated rings. The predicted octanol–water partition coefficient (Wildman–Crippen LogP) is 12.9. The summed E-state index contributed by atoms with van der Waals surface area (Å²) in [6.07, 6.45) is 3.72. The van der Waals surface area contributed by atoms with Gasteiger partial charge in [-0.2, -0.15) is 0 Å². The van der Waals surface area contributed by atoms with Gasteiger partial charge in [0, 0.05) is 65.0 Å². The molecule has 252 valence electrons. The third kappa shape index (κ3) is 5.18. The van der Waals surface area contributed by atoms with Crippen LogP contribution in [0.3, 0.4) is 0 Å². The lowest BCUT2D eigenvalue weighted by Crippen LogP contribution is -2.29. The second-order valence-electron chi connectivity index (χ2n) is 13.7. The van der Waals surface area contributed by atoms with Crippen molar-refractivity contribution in [3.63, 3.8) is 0 Å². The van der Waals surface area contributed by atoms with Gasteiger partial charge < -0.3 is 14.7 Å². The van der Waals surface area contributed by atoms with E-state index in [1.165, 1.54) is 50.6 Å². The standard InChI is InChI=1S/C49H36N4/c1-51-44-21-12-22-45-49(44)48(42-25-23-37(32-46(42)51)34-13-5-2-6-14-34)43-26-24-41(52(38-16-7-3-8-17-38)39-18-9-4-10-19-39)33-47(43)53(45)40-20-11-15-36(31-40)35-27-29-50-30-28-35/h2-33,48H,1H3. The molecule has 7 aromatic carbocycles. The van der Waals surface area contributed by atoms with Crippen molar-refractivity contribution >= 4 is 45.5 Å². The third-order valence-corrected chi connectivity index (χ3v) is 10.7. The molecule has 1 atom stereocenters. The summed E-state index contributed by atoms with van der Waals surface area (Å²) in [7, 11) is 2.21. The first-order chi connectivity index (χ1) is 26.2. The van der Waals surface area contributed by atoms with Crippen molar-refractivity contribution in [1.82, 2.24) is 4.98 Å². The summed E-state index contributed by atoms with van der Waals surface area (Å²) in [5.74, 6) is 0.0582. The summed E-state index contributed by atoms with van der Waals surface area (Å²) in [4.78, 5) is 11.5. The lowest BCUT2D eigenvalue weighted by molar-refractivity contribution is 0.899. The Labute approximate surface area is 310 Å². The zero-order valence-electron chi connectivity index (χ0n) is 29.3. The van der Waals surface area contributed by atoms with Crippen molar-refractivity contribution in [2.75, 3.05) is 21.7 Å². The van der Waals surface area contributed by atoms with Crippen molar-refractivity contribution in [3.05, 3.63) is 211 Å². The van der Waals surface area contributed by atoms with Gasteiger partial charge in [0.1, 0.15) is 0 Å². The summed E-state index contributed by atoms with van der Waals surface area (Å²) in [5, 5.41) is 0. The van der Waals surface area contributed by atoms with Crippen LogP contribution in [0.4, 0.5) is 45.5 Å². The predicted molar refractivity (Wildman–Crippen MR) is 220 cm³/mol. The van der Waals surface area contributed by atoms with E-state index in [4.69, 9.17) is 0 Å². The Morgan fingerprint density at radius 1 is 0.434 bits per heavy atom. The summed E-state index contributed by atoms with van der Waals surface area (Å²) in [6.45, 7) is 0. The first-order valence-electron chi connectivity index (χ1n) is 18.1. The number of hydrogen-bond donors (Lipinski definition) is 0. The first-order valence-corrected chi connectivity index (χ1v) is 18.1. The summed E-state index contributed by atoms with van der Waals surface area (Å²) in [5.41, 5.74) is 17.9. The maximum atomic E-state index is 4.28. The molecule has 0 amide bonds. The van der Waals surface area contributed by atoms with E-state index in [2.05, 4.69) is 209 Å². The molecule has 0 radical (unpaired) electrons. The van der Waals surface area contributed by atoms with Crippen molar-refractivity contribution in [2.45, 2.75) is 5.92 Å². The molecule has 0 N–H and O–H groups in total. The Morgan fingerprint density at radius 2 is 1.02 bits per heavy atom. The molecule has 0 aliphatic carbocycles. The SMILES string of the molecule is CN1c2cc(-c3ccccc3)ccc2C2c3ccc(N(c4ccccc4)c4ccccc4)cc3N(c3cccc(-c4ccncc4)c3)c3cccc1c32. The maximum absolute atomic E-state index is 4.28. The van der Waals surface area contributed by atoms with Crippen molar-refractivity contribution in [3.8, 4) is 22.3 Å². The summed E-state index contributed by atoms with van der Waals surface area (Å²) >= 11 is 0. The van der Waals surface area contributed by atoms with Crippen LogP contribution in [0.15, 0.2) is 194 Å². The highest BCUT2D eigenvalue weighted by molar-refractivity contribution is 5.96. The number of aromatic nitrogens is 1. The van der Waals surface area contributed by atoms with Gasteiger partial charge in [-0.05, 0) is 112 Å². The highest BCUT2D eigenvalue weighted by atomic mass is 15.2. The van der Waals surface area contributed by atoms with Crippen LogP contribution in [0.25, 0.3) is 22.3 Å². The number of nitrogens with zero attached hydrogens (tertiary/aromatic N) is 4. The van der Waals surface area contributed by atoms with Gasteiger partial charge in [0.05, 0.1) is 11.4 Å². The number of rotatable bonds is 6.